The molecule has 92 valence electrons. The number of hydrogen-bond acceptors (Lipinski definition) is 5. The summed E-state index contributed by atoms with van der Waals surface area (Å²) in [6.45, 7) is 0.0361. The van der Waals surface area contributed by atoms with E-state index in [9.17, 15) is 19.5 Å². The molecule has 1 aromatic rings. The van der Waals surface area contributed by atoms with Gasteiger partial charge < -0.3 is 15.2 Å². The van der Waals surface area contributed by atoms with Crippen LogP contribution in [0.3, 0.4) is 0 Å². The monoisotopic (exact) mass is 254 g/mol. The first-order chi connectivity index (χ1) is 8.09. The highest BCUT2D eigenvalue weighted by molar-refractivity contribution is 7.12. The first-order valence-electron chi connectivity index (χ1n) is 5.13. The van der Waals surface area contributed by atoms with Crippen LogP contribution in [0.2, 0.25) is 0 Å². The number of rotatable bonds is 7. The van der Waals surface area contributed by atoms with Gasteiger partial charge in [-0.2, -0.15) is 0 Å². The largest absolute Gasteiger partial charge is 0.550 e. The lowest BCUT2D eigenvalue weighted by Gasteiger charge is -2.04. The van der Waals surface area contributed by atoms with E-state index in [2.05, 4.69) is 5.32 Å². The second kappa shape index (κ2) is 6.80. The minimum atomic E-state index is -1.21. The number of carbonyl (C=O) groups is 3. The Bertz CT molecular complexity index is 400. The number of carboxylic acid groups (broad SMARTS) is 1. The summed E-state index contributed by atoms with van der Waals surface area (Å²) in [6, 6.07) is 3.48. The highest BCUT2D eigenvalue weighted by atomic mass is 32.1. The van der Waals surface area contributed by atoms with Crippen molar-refractivity contribution in [1.29, 1.82) is 0 Å². The van der Waals surface area contributed by atoms with Gasteiger partial charge in [-0.25, -0.2) is 0 Å². The van der Waals surface area contributed by atoms with Crippen molar-refractivity contribution in [3.05, 3.63) is 22.4 Å². The summed E-state index contributed by atoms with van der Waals surface area (Å²) in [7, 11) is 0. The maximum Gasteiger partial charge on any atom is 0.220 e. The molecule has 6 heteroatoms. The molecule has 0 saturated carbocycles. The SMILES string of the molecule is O=C([O-])CCNC(=O)CCC(=O)c1cccs1. The number of carboxylic acids is 1. The maximum absolute atomic E-state index is 11.5. The average Bonchev–Trinajstić information content (AvgIpc) is 2.78. The minimum Gasteiger partial charge on any atom is -0.550 e. The Morgan fingerprint density at radius 2 is 2.00 bits per heavy atom. The fourth-order valence-corrected chi connectivity index (χ4v) is 1.87. The number of hydrogen-bond donors (Lipinski definition) is 1. The average molecular weight is 254 g/mol. The van der Waals surface area contributed by atoms with Gasteiger partial charge in [0.15, 0.2) is 5.78 Å². The number of aliphatic carboxylic acids is 1. The lowest BCUT2D eigenvalue weighted by Crippen LogP contribution is -2.31. The summed E-state index contributed by atoms with van der Waals surface area (Å²) in [4.78, 5) is 33.5. The zero-order valence-electron chi connectivity index (χ0n) is 9.10. The van der Waals surface area contributed by atoms with Crippen molar-refractivity contribution in [3.8, 4) is 0 Å². The van der Waals surface area contributed by atoms with Gasteiger partial charge in [-0.1, -0.05) is 6.07 Å². The second-order valence-corrected chi connectivity index (χ2v) is 4.32. The van der Waals surface area contributed by atoms with E-state index in [0.717, 1.165) is 0 Å². The molecule has 0 atom stereocenters. The zero-order chi connectivity index (χ0) is 12.7. The molecule has 1 amide bonds. The standard InChI is InChI=1S/C11H13NO4S/c13-8(9-2-1-7-17-9)3-4-10(14)12-6-5-11(15)16/h1-2,7H,3-6H2,(H,12,14)(H,15,16)/p-1. The van der Waals surface area contributed by atoms with E-state index < -0.39 is 5.97 Å². The molecule has 0 fully saturated rings. The molecule has 1 rings (SSSR count). The Hall–Kier alpha value is -1.69. The van der Waals surface area contributed by atoms with E-state index in [1.54, 1.807) is 17.5 Å². The molecule has 0 bridgehead atoms. The number of thiophene rings is 1. The summed E-state index contributed by atoms with van der Waals surface area (Å²) in [6.07, 6.45) is -0.00788. The van der Waals surface area contributed by atoms with Gasteiger partial charge in [0, 0.05) is 31.8 Å². The van der Waals surface area contributed by atoms with Crippen molar-refractivity contribution in [3.63, 3.8) is 0 Å². The van der Waals surface area contributed by atoms with Crippen molar-refractivity contribution in [2.24, 2.45) is 0 Å². The third-order valence-electron chi connectivity index (χ3n) is 2.03. The number of Topliss-reactive ketones (excluding diaryl/α,β-unsaturated/α-hetero) is 1. The van der Waals surface area contributed by atoms with Crippen LogP contribution in [0.15, 0.2) is 17.5 Å². The van der Waals surface area contributed by atoms with Gasteiger partial charge in [0.2, 0.25) is 5.91 Å². The van der Waals surface area contributed by atoms with Gasteiger partial charge in [-0.05, 0) is 11.4 Å². The summed E-state index contributed by atoms with van der Waals surface area (Å²) in [5.41, 5.74) is 0. The molecule has 0 aliphatic heterocycles. The van der Waals surface area contributed by atoms with Crippen LogP contribution in [0.25, 0.3) is 0 Å². The van der Waals surface area contributed by atoms with E-state index in [0.29, 0.717) is 4.88 Å². The number of nitrogens with one attached hydrogen (secondary N) is 1. The Kier molecular flexibility index (Phi) is 5.35. The fourth-order valence-electron chi connectivity index (χ4n) is 1.18. The van der Waals surface area contributed by atoms with Crippen LogP contribution >= 0.6 is 11.3 Å². The molecule has 1 heterocycles. The predicted molar refractivity (Wildman–Crippen MR) is 60.5 cm³/mol. The van der Waals surface area contributed by atoms with Crippen LogP contribution in [0, 0.1) is 0 Å². The van der Waals surface area contributed by atoms with Gasteiger partial charge in [0.1, 0.15) is 0 Å². The summed E-state index contributed by atoms with van der Waals surface area (Å²) in [5.74, 6) is -1.61. The maximum atomic E-state index is 11.5. The molecule has 5 nitrogen and oxygen atoms in total. The van der Waals surface area contributed by atoms with Crippen LogP contribution in [-0.2, 0) is 9.59 Å². The normalized spacial score (nSPS) is 9.88. The topological polar surface area (TPSA) is 86.3 Å². The molecule has 0 aromatic carbocycles. The Balaban J connectivity index is 2.20. The fraction of sp³-hybridized carbons (Fsp3) is 0.364. The van der Waals surface area contributed by atoms with Crippen LogP contribution in [0.4, 0.5) is 0 Å². The predicted octanol–water partition coefficient (Wildman–Crippen LogP) is -0.0328. The molecule has 17 heavy (non-hydrogen) atoms. The number of carbonyl (C=O) groups excluding carboxylic acids is 3. The number of ketones is 1. The van der Waals surface area contributed by atoms with Gasteiger partial charge >= 0.3 is 0 Å². The molecule has 0 spiro atoms. The first kappa shape index (κ1) is 13.4. The van der Waals surface area contributed by atoms with Crippen LogP contribution in [0.5, 0.6) is 0 Å². The van der Waals surface area contributed by atoms with Crippen molar-refractivity contribution < 1.29 is 19.5 Å². The van der Waals surface area contributed by atoms with Crippen molar-refractivity contribution in [1.82, 2.24) is 5.32 Å². The van der Waals surface area contributed by atoms with Crippen molar-refractivity contribution >= 4 is 29.0 Å². The molecule has 1 N–H and O–H groups in total. The highest BCUT2D eigenvalue weighted by Gasteiger charge is 2.09. The Morgan fingerprint density at radius 1 is 1.24 bits per heavy atom. The van der Waals surface area contributed by atoms with Gasteiger partial charge in [0.05, 0.1) is 4.88 Å². The molecule has 1 aromatic heterocycles. The van der Waals surface area contributed by atoms with E-state index in [1.165, 1.54) is 11.3 Å². The third-order valence-corrected chi connectivity index (χ3v) is 2.94. The third kappa shape index (κ3) is 5.26. The molecule has 0 aliphatic rings. The minimum absolute atomic E-state index is 0.0361. The summed E-state index contributed by atoms with van der Waals surface area (Å²) < 4.78 is 0. The Labute approximate surface area is 102 Å². The van der Waals surface area contributed by atoms with Gasteiger partial charge in [-0.3, -0.25) is 9.59 Å². The van der Waals surface area contributed by atoms with Crippen molar-refractivity contribution in [2.75, 3.05) is 6.54 Å². The van der Waals surface area contributed by atoms with Crippen LogP contribution in [0.1, 0.15) is 28.9 Å². The quantitative estimate of drug-likeness (QED) is 0.692. The smallest absolute Gasteiger partial charge is 0.220 e. The van der Waals surface area contributed by atoms with E-state index >= 15 is 0 Å². The lowest BCUT2D eigenvalue weighted by atomic mass is 10.2. The van der Waals surface area contributed by atoms with E-state index in [4.69, 9.17) is 0 Å². The van der Waals surface area contributed by atoms with Crippen molar-refractivity contribution in [2.45, 2.75) is 19.3 Å². The molecule has 0 radical (unpaired) electrons. The molecule has 0 saturated heterocycles. The van der Waals surface area contributed by atoms with E-state index in [-0.39, 0.29) is 37.5 Å². The van der Waals surface area contributed by atoms with Gasteiger partial charge in [-0.15, -0.1) is 11.3 Å². The number of amides is 1. The molecule has 0 unspecified atom stereocenters. The Morgan fingerprint density at radius 3 is 2.59 bits per heavy atom. The summed E-state index contributed by atoms with van der Waals surface area (Å²) in [5, 5.41) is 14.3. The molecular weight excluding hydrogens is 242 g/mol. The first-order valence-corrected chi connectivity index (χ1v) is 6.01. The highest BCUT2D eigenvalue weighted by Crippen LogP contribution is 2.12. The van der Waals surface area contributed by atoms with E-state index in [1.807, 2.05) is 0 Å². The van der Waals surface area contributed by atoms with Gasteiger partial charge in [0.25, 0.3) is 0 Å². The van der Waals surface area contributed by atoms with Crippen LogP contribution < -0.4 is 10.4 Å². The zero-order valence-corrected chi connectivity index (χ0v) is 9.92. The molecule has 0 aliphatic carbocycles. The second-order valence-electron chi connectivity index (χ2n) is 3.37. The molecular formula is C11H12NO4S-. The summed E-state index contributed by atoms with van der Waals surface area (Å²) >= 11 is 1.34. The lowest BCUT2D eigenvalue weighted by molar-refractivity contribution is -0.305. The van der Waals surface area contributed by atoms with Crippen LogP contribution in [-0.4, -0.2) is 24.2 Å².